The molecule has 108 valence electrons. The van der Waals surface area contributed by atoms with Crippen molar-refractivity contribution in [2.24, 2.45) is 11.1 Å². The summed E-state index contributed by atoms with van der Waals surface area (Å²) in [5.41, 5.74) is 6.37. The predicted octanol–water partition coefficient (Wildman–Crippen LogP) is 3.31. The van der Waals surface area contributed by atoms with Crippen LogP contribution in [0.2, 0.25) is 0 Å². The van der Waals surface area contributed by atoms with E-state index in [2.05, 4.69) is 5.32 Å². The maximum atomic E-state index is 13.1. The number of rotatable bonds is 3. The number of hydrogen-bond donors (Lipinski definition) is 2. The molecule has 1 fully saturated rings. The summed E-state index contributed by atoms with van der Waals surface area (Å²) in [5.74, 6) is -0.485. The van der Waals surface area contributed by atoms with Crippen molar-refractivity contribution in [3.63, 3.8) is 0 Å². The lowest BCUT2D eigenvalue weighted by Crippen LogP contribution is -2.47. The van der Waals surface area contributed by atoms with Gasteiger partial charge in [-0.25, -0.2) is 4.39 Å². The molecule has 0 radical (unpaired) electrons. The van der Waals surface area contributed by atoms with E-state index in [1.165, 1.54) is 12.1 Å². The zero-order chi connectivity index (χ0) is 14.8. The highest BCUT2D eigenvalue weighted by molar-refractivity contribution is 7.80. The molecule has 0 unspecified atom stereocenters. The van der Waals surface area contributed by atoms with Gasteiger partial charge in [0.05, 0.1) is 10.4 Å². The summed E-state index contributed by atoms with van der Waals surface area (Å²) in [7, 11) is 0. The van der Waals surface area contributed by atoms with Gasteiger partial charge in [0.2, 0.25) is 5.91 Å². The second-order valence-electron chi connectivity index (χ2n) is 5.42. The van der Waals surface area contributed by atoms with E-state index < -0.39 is 5.41 Å². The van der Waals surface area contributed by atoms with Gasteiger partial charge in [-0.15, -0.1) is 0 Å². The Hall–Kier alpha value is -1.49. The Morgan fingerprint density at radius 1 is 1.35 bits per heavy atom. The van der Waals surface area contributed by atoms with Crippen LogP contribution in [0.3, 0.4) is 0 Å². The Labute approximate surface area is 123 Å². The summed E-state index contributed by atoms with van der Waals surface area (Å²) in [4.78, 5) is 12.9. The quantitative estimate of drug-likeness (QED) is 0.841. The van der Waals surface area contributed by atoms with E-state index in [1.807, 2.05) is 0 Å². The molecule has 20 heavy (non-hydrogen) atoms. The van der Waals surface area contributed by atoms with Crippen molar-refractivity contribution in [1.29, 1.82) is 0 Å². The molecule has 1 aliphatic carbocycles. The summed E-state index contributed by atoms with van der Waals surface area (Å²) in [6.45, 7) is 1.76. The fourth-order valence-electron chi connectivity index (χ4n) is 2.75. The topological polar surface area (TPSA) is 55.1 Å². The minimum atomic E-state index is -0.756. The average Bonchev–Trinajstić information content (AvgIpc) is 2.42. The lowest BCUT2D eigenvalue weighted by Gasteiger charge is -2.34. The monoisotopic (exact) mass is 294 g/mol. The molecular weight excluding hydrogens is 275 g/mol. The highest BCUT2D eigenvalue weighted by Gasteiger charge is 2.42. The van der Waals surface area contributed by atoms with Gasteiger partial charge in [0, 0.05) is 5.69 Å². The first-order valence-corrected chi connectivity index (χ1v) is 7.24. The van der Waals surface area contributed by atoms with Crippen molar-refractivity contribution in [2.45, 2.75) is 39.0 Å². The van der Waals surface area contributed by atoms with Gasteiger partial charge < -0.3 is 11.1 Å². The molecule has 1 aromatic rings. The fourth-order valence-corrected chi connectivity index (χ4v) is 3.05. The molecule has 0 bridgehead atoms. The molecule has 1 aromatic carbocycles. The second-order valence-corrected chi connectivity index (χ2v) is 5.86. The van der Waals surface area contributed by atoms with Crippen molar-refractivity contribution in [3.8, 4) is 0 Å². The first-order chi connectivity index (χ1) is 9.45. The van der Waals surface area contributed by atoms with E-state index in [4.69, 9.17) is 18.0 Å². The molecule has 0 spiro atoms. The molecular formula is C15H19FN2OS. The normalized spacial score (nSPS) is 17.5. The van der Waals surface area contributed by atoms with E-state index in [9.17, 15) is 9.18 Å². The molecule has 1 aliphatic rings. The van der Waals surface area contributed by atoms with Crippen LogP contribution in [-0.4, -0.2) is 10.9 Å². The van der Waals surface area contributed by atoms with Gasteiger partial charge >= 0.3 is 0 Å². The van der Waals surface area contributed by atoms with Gasteiger partial charge in [-0.3, -0.25) is 4.79 Å². The molecule has 5 heteroatoms. The Morgan fingerprint density at radius 3 is 2.55 bits per heavy atom. The molecule has 1 saturated carbocycles. The lowest BCUT2D eigenvalue weighted by atomic mass is 9.73. The summed E-state index contributed by atoms with van der Waals surface area (Å²) in [5, 5.41) is 2.86. The van der Waals surface area contributed by atoms with E-state index >= 15 is 0 Å². The maximum Gasteiger partial charge on any atom is 0.237 e. The van der Waals surface area contributed by atoms with Gasteiger partial charge in [-0.2, -0.15) is 0 Å². The Bertz CT molecular complexity index is 539. The number of aryl methyl sites for hydroxylation is 1. The molecule has 0 saturated heterocycles. The zero-order valence-corrected chi connectivity index (χ0v) is 12.4. The van der Waals surface area contributed by atoms with Crippen LogP contribution >= 0.6 is 12.2 Å². The van der Waals surface area contributed by atoms with Gasteiger partial charge in [0.1, 0.15) is 5.82 Å². The largest absolute Gasteiger partial charge is 0.392 e. The minimum Gasteiger partial charge on any atom is -0.392 e. The predicted molar refractivity (Wildman–Crippen MR) is 82.1 cm³/mol. The van der Waals surface area contributed by atoms with E-state index in [0.717, 1.165) is 19.3 Å². The number of nitrogens with one attached hydrogen (secondary N) is 1. The van der Waals surface area contributed by atoms with Crippen molar-refractivity contribution < 1.29 is 9.18 Å². The van der Waals surface area contributed by atoms with Crippen LogP contribution in [0.5, 0.6) is 0 Å². The molecule has 0 heterocycles. The summed E-state index contributed by atoms with van der Waals surface area (Å²) in [6.07, 6.45) is 4.39. The summed E-state index contributed by atoms with van der Waals surface area (Å²) >= 11 is 5.13. The van der Waals surface area contributed by atoms with Crippen LogP contribution in [0.4, 0.5) is 10.1 Å². The molecule has 0 aliphatic heterocycles. The number of amides is 1. The van der Waals surface area contributed by atoms with Crippen LogP contribution < -0.4 is 11.1 Å². The van der Waals surface area contributed by atoms with Crippen molar-refractivity contribution in [3.05, 3.63) is 29.6 Å². The molecule has 0 atom stereocenters. The van der Waals surface area contributed by atoms with Crippen LogP contribution in [-0.2, 0) is 4.79 Å². The SMILES string of the molecule is Cc1cc(F)ccc1NC(=O)C1(C(N)=S)CCCCC1. The highest BCUT2D eigenvalue weighted by Crippen LogP contribution is 2.38. The molecule has 1 amide bonds. The van der Waals surface area contributed by atoms with Crippen LogP contribution in [0.25, 0.3) is 0 Å². The van der Waals surface area contributed by atoms with E-state index in [-0.39, 0.29) is 16.7 Å². The molecule has 3 N–H and O–H groups in total. The van der Waals surface area contributed by atoms with Crippen molar-refractivity contribution in [1.82, 2.24) is 0 Å². The third-order valence-electron chi connectivity index (χ3n) is 4.05. The third kappa shape index (κ3) is 2.82. The summed E-state index contributed by atoms with van der Waals surface area (Å²) < 4.78 is 13.1. The zero-order valence-electron chi connectivity index (χ0n) is 11.5. The van der Waals surface area contributed by atoms with Gasteiger partial charge in [0.25, 0.3) is 0 Å². The molecule has 3 nitrogen and oxygen atoms in total. The van der Waals surface area contributed by atoms with Crippen LogP contribution in [0.15, 0.2) is 18.2 Å². The lowest BCUT2D eigenvalue weighted by molar-refractivity contribution is -0.123. The van der Waals surface area contributed by atoms with Crippen molar-refractivity contribution >= 4 is 28.8 Å². The fraction of sp³-hybridized carbons (Fsp3) is 0.467. The standard InChI is InChI=1S/C15H19FN2OS/c1-10-9-11(16)5-6-12(10)18-14(19)15(13(17)20)7-3-2-4-8-15/h5-6,9H,2-4,7-8H2,1H3,(H2,17,20)(H,18,19). The average molecular weight is 294 g/mol. The van der Waals surface area contributed by atoms with Gasteiger partial charge in [-0.1, -0.05) is 31.5 Å². The van der Waals surface area contributed by atoms with E-state index in [0.29, 0.717) is 24.1 Å². The van der Waals surface area contributed by atoms with Crippen LogP contribution in [0, 0.1) is 18.2 Å². The van der Waals surface area contributed by atoms with Crippen LogP contribution in [0.1, 0.15) is 37.7 Å². The second kappa shape index (κ2) is 5.87. The Morgan fingerprint density at radius 2 is 2.00 bits per heavy atom. The smallest absolute Gasteiger partial charge is 0.237 e. The molecule has 2 rings (SSSR count). The van der Waals surface area contributed by atoms with Gasteiger partial charge in [-0.05, 0) is 43.5 Å². The van der Waals surface area contributed by atoms with Crippen molar-refractivity contribution in [2.75, 3.05) is 5.32 Å². The number of halogens is 1. The number of thiocarbonyl (C=S) groups is 1. The minimum absolute atomic E-state index is 0.167. The first kappa shape index (κ1) is 14.9. The number of carbonyl (C=O) groups excluding carboxylic acids is 1. The highest BCUT2D eigenvalue weighted by atomic mass is 32.1. The number of benzene rings is 1. The number of nitrogens with two attached hydrogens (primary N) is 1. The number of anilines is 1. The Kier molecular flexibility index (Phi) is 4.38. The number of carbonyl (C=O) groups is 1. The summed E-state index contributed by atoms with van der Waals surface area (Å²) in [6, 6.07) is 4.29. The first-order valence-electron chi connectivity index (χ1n) is 6.83. The third-order valence-corrected chi connectivity index (χ3v) is 4.44. The van der Waals surface area contributed by atoms with Gasteiger partial charge in [0.15, 0.2) is 0 Å². The maximum absolute atomic E-state index is 13.1. The Balaban J connectivity index is 2.22. The number of hydrogen-bond acceptors (Lipinski definition) is 2. The molecule has 0 aromatic heterocycles. The van der Waals surface area contributed by atoms with E-state index in [1.54, 1.807) is 13.0 Å².